The zero-order chi connectivity index (χ0) is 14.9. The predicted octanol–water partition coefficient (Wildman–Crippen LogP) is 3.02. The summed E-state index contributed by atoms with van der Waals surface area (Å²) in [6.07, 6.45) is 5.81. The van der Waals surface area contributed by atoms with E-state index in [1.54, 1.807) is 0 Å². The van der Waals surface area contributed by atoms with Crippen LogP contribution in [0.15, 0.2) is 29.3 Å². The van der Waals surface area contributed by atoms with Gasteiger partial charge in [0.05, 0.1) is 0 Å². The molecule has 1 aromatic rings. The molecule has 3 nitrogen and oxygen atoms in total. The Labute approximate surface area is 133 Å². The molecule has 0 amide bonds. The van der Waals surface area contributed by atoms with Crippen LogP contribution >= 0.6 is 11.8 Å². The highest BCUT2D eigenvalue weighted by atomic mass is 32.2. The molecule has 2 rings (SSSR count). The van der Waals surface area contributed by atoms with Crippen molar-refractivity contribution in [2.24, 2.45) is 4.99 Å². The number of benzene rings is 1. The minimum absolute atomic E-state index is 0.605. The first-order chi connectivity index (χ1) is 10.3. The molecule has 0 fully saturated rings. The minimum atomic E-state index is 0.605. The van der Waals surface area contributed by atoms with Gasteiger partial charge in [0.1, 0.15) is 0 Å². The Balaban J connectivity index is 1.76. The highest BCUT2D eigenvalue weighted by molar-refractivity contribution is 7.98. The molecule has 0 saturated heterocycles. The number of unbranched alkanes of at least 4 members (excludes halogenated alkanes) is 1. The van der Waals surface area contributed by atoms with Crippen LogP contribution in [0.2, 0.25) is 0 Å². The number of thioether (sulfide) groups is 1. The molecule has 4 heteroatoms. The number of aliphatic imine (C=N–C) groups is 1. The zero-order valence-electron chi connectivity index (χ0n) is 13.2. The highest BCUT2D eigenvalue weighted by Crippen LogP contribution is 2.34. The van der Waals surface area contributed by atoms with E-state index in [0.717, 1.165) is 25.6 Å². The van der Waals surface area contributed by atoms with Gasteiger partial charge in [0, 0.05) is 25.6 Å². The van der Waals surface area contributed by atoms with Crippen LogP contribution < -0.4 is 10.6 Å². The molecule has 1 aliphatic carbocycles. The molecule has 1 unspecified atom stereocenters. The van der Waals surface area contributed by atoms with E-state index in [9.17, 15) is 0 Å². The number of hydrogen-bond acceptors (Lipinski definition) is 2. The summed E-state index contributed by atoms with van der Waals surface area (Å²) in [7, 11) is 0. The van der Waals surface area contributed by atoms with Crippen molar-refractivity contribution in [2.45, 2.75) is 32.1 Å². The lowest BCUT2D eigenvalue weighted by molar-refractivity contribution is 0.613. The first-order valence-electron chi connectivity index (χ1n) is 7.94. The molecule has 116 valence electrons. The largest absolute Gasteiger partial charge is 0.357 e. The van der Waals surface area contributed by atoms with Crippen LogP contribution in [0.4, 0.5) is 0 Å². The zero-order valence-corrected chi connectivity index (χ0v) is 14.0. The van der Waals surface area contributed by atoms with Gasteiger partial charge in [-0.15, -0.1) is 0 Å². The van der Waals surface area contributed by atoms with Crippen molar-refractivity contribution in [3.63, 3.8) is 0 Å². The van der Waals surface area contributed by atoms with Crippen molar-refractivity contribution in [2.75, 3.05) is 31.6 Å². The Morgan fingerprint density at radius 2 is 2.14 bits per heavy atom. The lowest BCUT2D eigenvalue weighted by Crippen LogP contribution is -2.38. The topological polar surface area (TPSA) is 36.4 Å². The molecule has 21 heavy (non-hydrogen) atoms. The summed E-state index contributed by atoms with van der Waals surface area (Å²) in [6.45, 7) is 4.92. The van der Waals surface area contributed by atoms with Gasteiger partial charge in [-0.1, -0.05) is 24.3 Å². The van der Waals surface area contributed by atoms with E-state index in [0.29, 0.717) is 5.92 Å². The van der Waals surface area contributed by atoms with Crippen LogP contribution in [0.3, 0.4) is 0 Å². The van der Waals surface area contributed by atoms with Gasteiger partial charge >= 0.3 is 0 Å². The monoisotopic (exact) mass is 305 g/mol. The molecule has 0 bridgehead atoms. The number of nitrogens with zero attached hydrogens (tertiary/aromatic N) is 1. The number of guanidine groups is 1. The van der Waals surface area contributed by atoms with Gasteiger partial charge in [-0.3, -0.25) is 4.99 Å². The summed E-state index contributed by atoms with van der Waals surface area (Å²) in [6, 6.07) is 8.72. The molecule has 2 N–H and O–H groups in total. The quantitative estimate of drug-likeness (QED) is 0.440. The molecule has 1 aliphatic rings. The van der Waals surface area contributed by atoms with Crippen LogP contribution in [0.25, 0.3) is 0 Å². The third kappa shape index (κ3) is 4.95. The summed E-state index contributed by atoms with van der Waals surface area (Å²) in [5.74, 6) is 2.81. The van der Waals surface area contributed by atoms with Crippen molar-refractivity contribution in [1.29, 1.82) is 0 Å². The fraction of sp³-hybridized carbons (Fsp3) is 0.588. The summed E-state index contributed by atoms with van der Waals surface area (Å²) < 4.78 is 0. The highest BCUT2D eigenvalue weighted by Gasteiger charge is 2.24. The standard InChI is InChI=1S/C17H27N3S/c1-3-18-17(19-10-6-7-11-21-2)20-13-15-12-14-8-4-5-9-16(14)15/h4-5,8-9,15H,3,6-7,10-13H2,1-2H3,(H2,18,19,20). The molecule has 0 saturated carbocycles. The average Bonchev–Trinajstić information content (AvgIpc) is 2.48. The fourth-order valence-corrected chi connectivity index (χ4v) is 3.14. The van der Waals surface area contributed by atoms with Gasteiger partial charge in [0.25, 0.3) is 0 Å². The van der Waals surface area contributed by atoms with E-state index in [-0.39, 0.29) is 0 Å². The molecule has 0 aromatic heterocycles. The van der Waals surface area contributed by atoms with E-state index in [1.165, 1.54) is 36.1 Å². The molecular formula is C17H27N3S. The molecule has 0 radical (unpaired) electrons. The van der Waals surface area contributed by atoms with Gasteiger partial charge < -0.3 is 10.6 Å². The lowest BCUT2D eigenvalue weighted by Gasteiger charge is -2.28. The van der Waals surface area contributed by atoms with Crippen molar-refractivity contribution < 1.29 is 0 Å². The second-order valence-corrected chi connectivity index (χ2v) is 6.43. The average molecular weight is 305 g/mol. The van der Waals surface area contributed by atoms with E-state index in [2.05, 4.69) is 48.1 Å². The maximum Gasteiger partial charge on any atom is 0.191 e. The Hall–Kier alpha value is -1.16. The third-order valence-corrected chi connectivity index (χ3v) is 4.54. The predicted molar refractivity (Wildman–Crippen MR) is 94.5 cm³/mol. The third-order valence-electron chi connectivity index (χ3n) is 3.84. The van der Waals surface area contributed by atoms with Crippen molar-refractivity contribution in [1.82, 2.24) is 10.6 Å². The van der Waals surface area contributed by atoms with E-state index < -0.39 is 0 Å². The Kier molecular flexibility index (Phi) is 6.93. The summed E-state index contributed by atoms with van der Waals surface area (Å²) in [4.78, 5) is 4.74. The van der Waals surface area contributed by atoms with Crippen molar-refractivity contribution in [3.05, 3.63) is 35.4 Å². The minimum Gasteiger partial charge on any atom is -0.357 e. The normalized spacial score (nSPS) is 17.0. The first kappa shape index (κ1) is 16.2. The smallest absolute Gasteiger partial charge is 0.191 e. The maximum atomic E-state index is 4.74. The molecule has 1 atom stereocenters. The van der Waals surface area contributed by atoms with Crippen LogP contribution in [0.1, 0.15) is 36.8 Å². The summed E-state index contributed by atoms with van der Waals surface area (Å²) in [5.41, 5.74) is 2.98. The van der Waals surface area contributed by atoms with Crippen molar-refractivity contribution >= 4 is 17.7 Å². The fourth-order valence-electron chi connectivity index (χ4n) is 2.65. The van der Waals surface area contributed by atoms with E-state index >= 15 is 0 Å². The second-order valence-electron chi connectivity index (χ2n) is 5.45. The summed E-state index contributed by atoms with van der Waals surface area (Å²) >= 11 is 1.92. The number of hydrogen-bond donors (Lipinski definition) is 2. The first-order valence-corrected chi connectivity index (χ1v) is 9.33. The number of nitrogens with one attached hydrogen (secondary N) is 2. The van der Waals surface area contributed by atoms with Crippen LogP contribution in [-0.4, -0.2) is 37.6 Å². The lowest BCUT2D eigenvalue weighted by atomic mass is 9.78. The molecule has 0 heterocycles. The second kappa shape index (κ2) is 8.98. The molecule has 1 aromatic carbocycles. The summed E-state index contributed by atoms with van der Waals surface area (Å²) in [5, 5.41) is 6.77. The van der Waals surface area contributed by atoms with Gasteiger partial charge in [-0.2, -0.15) is 11.8 Å². The van der Waals surface area contributed by atoms with Gasteiger partial charge in [-0.25, -0.2) is 0 Å². The molecule has 0 aliphatic heterocycles. The van der Waals surface area contributed by atoms with Crippen LogP contribution in [-0.2, 0) is 6.42 Å². The van der Waals surface area contributed by atoms with E-state index in [1.807, 2.05) is 11.8 Å². The molecule has 0 spiro atoms. The van der Waals surface area contributed by atoms with Crippen LogP contribution in [0, 0.1) is 0 Å². The number of fused-ring (bicyclic) bond motifs is 1. The van der Waals surface area contributed by atoms with Gasteiger partial charge in [-0.05, 0) is 49.3 Å². The van der Waals surface area contributed by atoms with Crippen molar-refractivity contribution in [3.8, 4) is 0 Å². The molecular weight excluding hydrogens is 278 g/mol. The SMILES string of the molecule is CCNC(=NCC1Cc2ccccc21)NCCCCSC. The van der Waals surface area contributed by atoms with E-state index in [4.69, 9.17) is 4.99 Å². The maximum absolute atomic E-state index is 4.74. The van der Waals surface area contributed by atoms with Gasteiger partial charge in [0.15, 0.2) is 5.96 Å². The Morgan fingerprint density at radius 3 is 2.90 bits per heavy atom. The van der Waals surface area contributed by atoms with Crippen LogP contribution in [0.5, 0.6) is 0 Å². The number of rotatable bonds is 8. The Bertz CT molecular complexity index is 459. The Morgan fingerprint density at radius 1 is 1.29 bits per heavy atom. The van der Waals surface area contributed by atoms with Gasteiger partial charge in [0.2, 0.25) is 0 Å².